The van der Waals surface area contributed by atoms with Crippen molar-refractivity contribution in [2.75, 3.05) is 0 Å². The number of rotatable bonds is 3. The first kappa shape index (κ1) is 15.8. The second-order valence-electron chi connectivity index (χ2n) is 7.09. The number of hydrogen-bond acceptors (Lipinski definition) is 1. The van der Waals surface area contributed by atoms with E-state index in [4.69, 9.17) is 5.73 Å². The van der Waals surface area contributed by atoms with E-state index in [0.29, 0.717) is 0 Å². The Morgan fingerprint density at radius 1 is 1.09 bits per heavy atom. The molecule has 0 radical (unpaired) electrons. The molecule has 2 aromatic rings. The van der Waals surface area contributed by atoms with Crippen molar-refractivity contribution in [1.29, 1.82) is 0 Å². The summed E-state index contributed by atoms with van der Waals surface area (Å²) in [5.74, 6) is 0. The molecule has 0 saturated heterocycles. The summed E-state index contributed by atoms with van der Waals surface area (Å²) < 4.78 is 0. The van der Waals surface area contributed by atoms with Crippen LogP contribution in [-0.2, 0) is 18.4 Å². The Labute approximate surface area is 139 Å². The molecule has 0 bridgehead atoms. The lowest BCUT2D eigenvalue weighted by Crippen LogP contribution is -2.30. The van der Waals surface area contributed by atoms with Crippen molar-refractivity contribution in [2.24, 2.45) is 5.73 Å². The largest absolute Gasteiger partial charge is 0.322 e. The molecular formula is C22H25N. The molecule has 2 aromatic carbocycles. The number of allylic oxidation sites excluding steroid dienone is 3. The minimum absolute atomic E-state index is 0.341. The number of benzene rings is 2. The highest BCUT2D eigenvalue weighted by Crippen LogP contribution is 2.38. The first-order chi connectivity index (χ1) is 10.9. The SMILES string of the molecule is C=C/C(C)=C1/Cc2cc(-c3ccccc3)cc(C(C)(C)N)c2C1. The summed E-state index contributed by atoms with van der Waals surface area (Å²) >= 11 is 0. The van der Waals surface area contributed by atoms with Gasteiger partial charge in [0.25, 0.3) is 0 Å². The van der Waals surface area contributed by atoms with E-state index in [1.807, 2.05) is 6.08 Å². The van der Waals surface area contributed by atoms with Gasteiger partial charge in [0.05, 0.1) is 0 Å². The molecule has 0 amide bonds. The lowest BCUT2D eigenvalue weighted by atomic mass is 9.86. The third kappa shape index (κ3) is 3.02. The topological polar surface area (TPSA) is 26.0 Å². The fourth-order valence-electron chi connectivity index (χ4n) is 3.40. The standard InChI is InChI=1S/C22H25N/c1-5-15(2)17-11-19-12-18(16-9-7-6-8-10-16)14-21(20(19)13-17)22(3,4)23/h5-10,12,14H,1,11,13,23H2,2-4H3/b17-15-. The average molecular weight is 303 g/mol. The number of nitrogens with two attached hydrogens (primary N) is 1. The molecule has 0 heterocycles. The molecule has 0 saturated carbocycles. The van der Waals surface area contributed by atoms with Gasteiger partial charge in [-0.3, -0.25) is 0 Å². The maximum atomic E-state index is 6.49. The zero-order chi connectivity index (χ0) is 16.6. The molecule has 0 spiro atoms. The Bertz CT molecular complexity index is 774. The summed E-state index contributed by atoms with van der Waals surface area (Å²) in [6, 6.07) is 15.2. The van der Waals surface area contributed by atoms with Crippen LogP contribution in [0.3, 0.4) is 0 Å². The average Bonchev–Trinajstić information content (AvgIpc) is 2.96. The van der Waals surface area contributed by atoms with Crippen LogP contribution >= 0.6 is 0 Å². The summed E-state index contributed by atoms with van der Waals surface area (Å²) in [5.41, 5.74) is 15.5. The highest BCUT2D eigenvalue weighted by molar-refractivity contribution is 5.68. The third-order valence-electron chi connectivity index (χ3n) is 4.80. The molecule has 0 aliphatic heterocycles. The molecule has 0 aromatic heterocycles. The van der Waals surface area contributed by atoms with Gasteiger partial charge in [-0.05, 0) is 67.5 Å². The van der Waals surface area contributed by atoms with Gasteiger partial charge in [-0.15, -0.1) is 0 Å². The third-order valence-corrected chi connectivity index (χ3v) is 4.80. The van der Waals surface area contributed by atoms with Gasteiger partial charge in [0.2, 0.25) is 0 Å². The van der Waals surface area contributed by atoms with E-state index in [0.717, 1.165) is 12.8 Å². The van der Waals surface area contributed by atoms with Crippen LogP contribution in [-0.4, -0.2) is 0 Å². The highest BCUT2D eigenvalue weighted by atomic mass is 14.7. The zero-order valence-corrected chi connectivity index (χ0v) is 14.3. The molecule has 3 rings (SSSR count). The van der Waals surface area contributed by atoms with Crippen molar-refractivity contribution in [1.82, 2.24) is 0 Å². The van der Waals surface area contributed by atoms with Gasteiger partial charge < -0.3 is 5.73 Å². The van der Waals surface area contributed by atoms with E-state index < -0.39 is 0 Å². The molecular weight excluding hydrogens is 278 g/mol. The van der Waals surface area contributed by atoms with Crippen molar-refractivity contribution >= 4 is 0 Å². The van der Waals surface area contributed by atoms with Crippen LogP contribution < -0.4 is 5.73 Å². The predicted molar refractivity (Wildman–Crippen MR) is 99.4 cm³/mol. The number of fused-ring (bicyclic) bond motifs is 1. The lowest BCUT2D eigenvalue weighted by molar-refractivity contribution is 0.550. The normalized spacial score (nSPS) is 16.2. The van der Waals surface area contributed by atoms with Crippen LogP contribution in [0.4, 0.5) is 0 Å². The van der Waals surface area contributed by atoms with E-state index >= 15 is 0 Å². The predicted octanol–water partition coefficient (Wildman–Crippen LogP) is 5.15. The molecule has 1 aliphatic rings. The Morgan fingerprint density at radius 2 is 1.78 bits per heavy atom. The summed E-state index contributed by atoms with van der Waals surface area (Å²) in [5, 5.41) is 0. The van der Waals surface area contributed by atoms with Crippen LogP contribution in [0, 0.1) is 0 Å². The molecule has 0 unspecified atom stereocenters. The Balaban J connectivity index is 2.18. The Hall–Kier alpha value is -2.12. The van der Waals surface area contributed by atoms with Gasteiger partial charge in [-0.1, -0.05) is 60.2 Å². The zero-order valence-electron chi connectivity index (χ0n) is 14.3. The minimum atomic E-state index is -0.341. The van der Waals surface area contributed by atoms with Crippen molar-refractivity contribution in [3.63, 3.8) is 0 Å². The Kier molecular flexibility index (Phi) is 3.99. The minimum Gasteiger partial charge on any atom is -0.322 e. The van der Waals surface area contributed by atoms with Crippen LogP contribution in [0.2, 0.25) is 0 Å². The first-order valence-electron chi connectivity index (χ1n) is 8.22. The van der Waals surface area contributed by atoms with Crippen LogP contribution in [0.25, 0.3) is 11.1 Å². The lowest BCUT2D eigenvalue weighted by Gasteiger charge is -2.24. The van der Waals surface area contributed by atoms with Gasteiger partial charge in [0, 0.05) is 5.54 Å². The van der Waals surface area contributed by atoms with Crippen LogP contribution in [0.5, 0.6) is 0 Å². The molecule has 0 fully saturated rings. The molecule has 23 heavy (non-hydrogen) atoms. The first-order valence-corrected chi connectivity index (χ1v) is 8.22. The second kappa shape index (κ2) is 5.82. The molecule has 0 atom stereocenters. The van der Waals surface area contributed by atoms with Gasteiger partial charge in [0.1, 0.15) is 0 Å². The second-order valence-corrected chi connectivity index (χ2v) is 7.09. The Morgan fingerprint density at radius 3 is 2.39 bits per heavy atom. The summed E-state index contributed by atoms with van der Waals surface area (Å²) in [7, 11) is 0. The van der Waals surface area contributed by atoms with E-state index in [1.165, 1.54) is 39.0 Å². The molecule has 1 aliphatic carbocycles. The van der Waals surface area contributed by atoms with Crippen molar-refractivity contribution in [2.45, 2.75) is 39.2 Å². The monoisotopic (exact) mass is 303 g/mol. The van der Waals surface area contributed by atoms with E-state index in [2.05, 4.69) is 69.8 Å². The van der Waals surface area contributed by atoms with Crippen molar-refractivity contribution < 1.29 is 0 Å². The maximum absolute atomic E-state index is 6.49. The van der Waals surface area contributed by atoms with Crippen LogP contribution in [0.15, 0.2) is 66.3 Å². The van der Waals surface area contributed by atoms with Crippen molar-refractivity contribution in [3.05, 3.63) is 83.0 Å². The maximum Gasteiger partial charge on any atom is 0.0355 e. The molecule has 1 nitrogen and oxygen atoms in total. The fraction of sp³-hybridized carbons (Fsp3) is 0.273. The van der Waals surface area contributed by atoms with Gasteiger partial charge >= 0.3 is 0 Å². The van der Waals surface area contributed by atoms with E-state index in [9.17, 15) is 0 Å². The highest BCUT2D eigenvalue weighted by Gasteiger charge is 2.27. The van der Waals surface area contributed by atoms with Gasteiger partial charge in [-0.2, -0.15) is 0 Å². The van der Waals surface area contributed by atoms with E-state index in [-0.39, 0.29) is 5.54 Å². The smallest absolute Gasteiger partial charge is 0.0355 e. The quantitative estimate of drug-likeness (QED) is 0.834. The molecule has 1 heteroatoms. The summed E-state index contributed by atoms with van der Waals surface area (Å²) in [6.45, 7) is 10.3. The van der Waals surface area contributed by atoms with E-state index in [1.54, 1.807) is 0 Å². The van der Waals surface area contributed by atoms with Crippen molar-refractivity contribution in [3.8, 4) is 11.1 Å². The molecule has 2 N–H and O–H groups in total. The van der Waals surface area contributed by atoms with Crippen LogP contribution in [0.1, 0.15) is 37.5 Å². The van der Waals surface area contributed by atoms with Gasteiger partial charge in [0.15, 0.2) is 0 Å². The summed E-state index contributed by atoms with van der Waals surface area (Å²) in [6.07, 6.45) is 3.97. The fourth-order valence-corrected chi connectivity index (χ4v) is 3.40. The molecule has 118 valence electrons. The number of hydrogen-bond donors (Lipinski definition) is 1. The van der Waals surface area contributed by atoms with Gasteiger partial charge in [-0.25, -0.2) is 0 Å². The summed E-state index contributed by atoms with van der Waals surface area (Å²) in [4.78, 5) is 0.